The van der Waals surface area contributed by atoms with Gasteiger partial charge in [-0.2, -0.15) is 0 Å². The van der Waals surface area contributed by atoms with E-state index in [1.165, 1.54) is 0 Å². The molecule has 0 heterocycles. The van der Waals surface area contributed by atoms with E-state index in [1.807, 2.05) is 0 Å². The Labute approximate surface area is 148 Å². The van der Waals surface area contributed by atoms with E-state index in [1.54, 1.807) is 69.8 Å². The number of hydrogen-bond acceptors (Lipinski definition) is 5. The smallest absolute Gasteiger partial charge is 0.173 e. The highest BCUT2D eigenvalue weighted by Crippen LogP contribution is 2.21. The number of nitrogens with one attached hydrogen (secondary N) is 1. The Kier molecular flexibility index (Phi) is 6.71. The van der Waals surface area contributed by atoms with Crippen LogP contribution in [0.2, 0.25) is 0 Å². The molecular formula is C20H23NO4. The molecule has 0 saturated carbocycles. The summed E-state index contributed by atoms with van der Waals surface area (Å²) in [5, 5.41) is 3.00. The van der Waals surface area contributed by atoms with Crippen molar-refractivity contribution in [2.24, 2.45) is 5.92 Å². The lowest BCUT2D eigenvalue weighted by Crippen LogP contribution is -2.28. The summed E-state index contributed by atoms with van der Waals surface area (Å²) in [4.78, 5) is 25.7. The highest BCUT2D eigenvalue weighted by atomic mass is 16.5. The van der Waals surface area contributed by atoms with Crippen LogP contribution in [0.3, 0.4) is 0 Å². The number of carbonyl (C=O) groups is 2. The van der Waals surface area contributed by atoms with Crippen LogP contribution in [0.4, 0.5) is 0 Å². The first-order valence-corrected chi connectivity index (χ1v) is 8.11. The van der Waals surface area contributed by atoms with E-state index in [9.17, 15) is 9.59 Å². The minimum absolute atomic E-state index is 0.182. The molecule has 0 amide bonds. The summed E-state index contributed by atoms with van der Waals surface area (Å²) < 4.78 is 10.2. The Hall–Kier alpha value is -2.66. The van der Waals surface area contributed by atoms with E-state index in [0.29, 0.717) is 35.6 Å². The lowest BCUT2D eigenvalue weighted by atomic mass is 9.87. The van der Waals surface area contributed by atoms with E-state index in [2.05, 4.69) is 5.32 Å². The number of ketones is 2. The first-order valence-electron chi connectivity index (χ1n) is 8.11. The van der Waals surface area contributed by atoms with E-state index in [4.69, 9.17) is 9.47 Å². The summed E-state index contributed by atoms with van der Waals surface area (Å²) >= 11 is 0. The van der Waals surface area contributed by atoms with Crippen molar-refractivity contribution in [2.75, 3.05) is 27.8 Å². The maximum Gasteiger partial charge on any atom is 0.173 e. The Morgan fingerprint density at radius 1 is 0.840 bits per heavy atom. The molecule has 25 heavy (non-hydrogen) atoms. The zero-order valence-electron chi connectivity index (χ0n) is 14.7. The highest BCUT2D eigenvalue weighted by molar-refractivity contribution is 6.16. The molecule has 0 aromatic heterocycles. The van der Waals surface area contributed by atoms with Crippen LogP contribution in [0.5, 0.6) is 11.5 Å². The molecule has 5 nitrogen and oxygen atoms in total. The minimum atomic E-state index is -0.728. The predicted molar refractivity (Wildman–Crippen MR) is 96.7 cm³/mol. The minimum Gasteiger partial charge on any atom is -0.497 e. The van der Waals surface area contributed by atoms with Crippen molar-refractivity contribution in [1.82, 2.24) is 5.32 Å². The summed E-state index contributed by atoms with van der Waals surface area (Å²) in [6, 6.07) is 13.6. The first-order chi connectivity index (χ1) is 12.1. The van der Waals surface area contributed by atoms with Gasteiger partial charge in [-0.25, -0.2) is 0 Å². The van der Waals surface area contributed by atoms with Crippen LogP contribution in [0.15, 0.2) is 48.5 Å². The van der Waals surface area contributed by atoms with E-state index >= 15 is 0 Å². The number of benzene rings is 2. The van der Waals surface area contributed by atoms with Gasteiger partial charge in [0.25, 0.3) is 0 Å². The number of rotatable bonds is 9. The fraction of sp³-hybridized carbons (Fsp3) is 0.300. The number of Topliss-reactive ketones (excluding diaryl/α,β-unsaturated/α-hetero) is 2. The van der Waals surface area contributed by atoms with Crippen LogP contribution < -0.4 is 14.8 Å². The van der Waals surface area contributed by atoms with Gasteiger partial charge in [0.2, 0.25) is 0 Å². The second-order valence-corrected chi connectivity index (χ2v) is 5.63. The van der Waals surface area contributed by atoms with Crippen molar-refractivity contribution in [1.29, 1.82) is 0 Å². The van der Waals surface area contributed by atoms with Crippen molar-refractivity contribution in [3.63, 3.8) is 0 Å². The summed E-state index contributed by atoms with van der Waals surface area (Å²) in [5.41, 5.74) is 1.01. The first kappa shape index (κ1) is 18.7. The Morgan fingerprint density at radius 2 is 1.24 bits per heavy atom. The molecule has 0 bridgehead atoms. The third-order valence-corrected chi connectivity index (χ3v) is 4.07. The van der Waals surface area contributed by atoms with Crippen molar-refractivity contribution < 1.29 is 19.1 Å². The molecule has 0 saturated heterocycles. The normalized spacial score (nSPS) is 10.6. The van der Waals surface area contributed by atoms with Crippen LogP contribution >= 0.6 is 0 Å². The number of hydrogen-bond donors (Lipinski definition) is 1. The molecule has 2 rings (SSSR count). The molecule has 0 aliphatic rings. The lowest BCUT2D eigenvalue weighted by molar-refractivity contribution is 0.0800. The quantitative estimate of drug-likeness (QED) is 0.561. The molecule has 0 fully saturated rings. The summed E-state index contributed by atoms with van der Waals surface area (Å²) in [6.45, 7) is 0.578. The zero-order chi connectivity index (χ0) is 18.2. The maximum absolute atomic E-state index is 12.9. The molecular weight excluding hydrogens is 318 g/mol. The Balaban J connectivity index is 2.26. The molecule has 1 N–H and O–H groups in total. The van der Waals surface area contributed by atoms with Crippen molar-refractivity contribution >= 4 is 11.6 Å². The zero-order valence-corrected chi connectivity index (χ0v) is 14.7. The third-order valence-electron chi connectivity index (χ3n) is 4.07. The van der Waals surface area contributed by atoms with Gasteiger partial charge >= 0.3 is 0 Å². The molecule has 132 valence electrons. The average molecular weight is 341 g/mol. The van der Waals surface area contributed by atoms with Crippen LogP contribution in [0.25, 0.3) is 0 Å². The van der Waals surface area contributed by atoms with Gasteiger partial charge < -0.3 is 14.8 Å². The fourth-order valence-corrected chi connectivity index (χ4v) is 2.58. The number of carbonyl (C=O) groups excluding carboxylic acids is 2. The second kappa shape index (κ2) is 8.99. The summed E-state index contributed by atoms with van der Waals surface area (Å²) in [7, 11) is 4.94. The third kappa shape index (κ3) is 4.67. The van der Waals surface area contributed by atoms with Crippen molar-refractivity contribution in [2.45, 2.75) is 6.42 Å². The molecule has 0 unspecified atom stereocenters. The number of methoxy groups -OCH3 is 2. The van der Waals surface area contributed by atoms with Gasteiger partial charge in [-0.3, -0.25) is 9.59 Å². The van der Waals surface area contributed by atoms with Gasteiger partial charge in [0.05, 0.1) is 20.1 Å². The highest BCUT2D eigenvalue weighted by Gasteiger charge is 2.28. The van der Waals surface area contributed by atoms with Crippen molar-refractivity contribution in [3.8, 4) is 11.5 Å². The number of ether oxygens (including phenoxy) is 2. The van der Waals surface area contributed by atoms with E-state index < -0.39 is 5.92 Å². The largest absolute Gasteiger partial charge is 0.497 e. The topological polar surface area (TPSA) is 64.6 Å². The maximum atomic E-state index is 12.9. The molecule has 2 aromatic rings. The molecule has 0 spiro atoms. The Bertz CT molecular complexity index is 648. The lowest BCUT2D eigenvalue weighted by Gasteiger charge is -2.15. The predicted octanol–water partition coefficient (Wildman–Crippen LogP) is 3.00. The standard InChI is InChI=1S/C20H23NO4/c1-21-13-12-18(19(22)14-4-8-16(24-2)9-5-14)20(23)15-6-10-17(25-3)11-7-15/h4-11,18,21H,12-13H2,1-3H3. The van der Waals surface area contributed by atoms with Crippen LogP contribution in [-0.2, 0) is 0 Å². The Morgan fingerprint density at radius 3 is 1.56 bits per heavy atom. The molecule has 0 aliphatic heterocycles. The fourth-order valence-electron chi connectivity index (χ4n) is 2.58. The van der Waals surface area contributed by atoms with Gasteiger partial charge in [0.15, 0.2) is 11.6 Å². The van der Waals surface area contributed by atoms with Gasteiger partial charge in [-0.1, -0.05) is 0 Å². The monoisotopic (exact) mass is 341 g/mol. The van der Waals surface area contributed by atoms with Gasteiger partial charge in [0.1, 0.15) is 11.5 Å². The molecule has 5 heteroatoms. The SMILES string of the molecule is CNCCC(C(=O)c1ccc(OC)cc1)C(=O)c1ccc(OC)cc1. The van der Waals surface area contributed by atoms with Crippen molar-refractivity contribution in [3.05, 3.63) is 59.7 Å². The molecule has 0 atom stereocenters. The van der Waals surface area contributed by atoms with Crippen LogP contribution in [0, 0.1) is 5.92 Å². The molecule has 0 aliphatic carbocycles. The van der Waals surface area contributed by atoms with E-state index in [0.717, 1.165) is 0 Å². The second-order valence-electron chi connectivity index (χ2n) is 5.63. The van der Waals surface area contributed by atoms with Gasteiger partial charge in [-0.15, -0.1) is 0 Å². The van der Waals surface area contributed by atoms with Gasteiger partial charge in [-0.05, 0) is 68.5 Å². The van der Waals surface area contributed by atoms with Gasteiger partial charge in [0, 0.05) is 11.1 Å². The summed E-state index contributed by atoms with van der Waals surface area (Å²) in [5.74, 6) is 0.251. The van der Waals surface area contributed by atoms with E-state index in [-0.39, 0.29) is 11.6 Å². The molecule has 2 aromatic carbocycles. The van der Waals surface area contributed by atoms with Crippen LogP contribution in [0.1, 0.15) is 27.1 Å². The molecule has 0 radical (unpaired) electrons. The summed E-state index contributed by atoms with van der Waals surface area (Å²) in [6.07, 6.45) is 0.437. The van der Waals surface area contributed by atoms with Crippen LogP contribution in [-0.4, -0.2) is 39.4 Å². The average Bonchev–Trinajstić information content (AvgIpc) is 2.68.